The maximum Gasteiger partial charge on any atom is 0.253 e. The number of carbonyl (C=O) groups excluding carboxylic acids is 1. The highest BCUT2D eigenvalue weighted by atomic mass is 35.5. The Balaban J connectivity index is 2.12. The molecular formula is C13H16ClNO. The smallest absolute Gasteiger partial charge is 0.253 e. The Morgan fingerprint density at radius 2 is 2.31 bits per heavy atom. The second-order valence-corrected chi connectivity index (χ2v) is 4.95. The summed E-state index contributed by atoms with van der Waals surface area (Å²) in [5.41, 5.74) is 0.696. The van der Waals surface area contributed by atoms with Gasteiger partial charge in [-0.15, -0.1) is 0 Å². The number of hydrogen-bond donors (Lipinski definition) is 0. The maximum atomic E-state index is 12.2. The SMILES string of the molecule is C[C@H]1CCCN(C(=O)c2cccc(Cl)c2)C1. The summed E-state index contributed by atoms with van der Waals surface area (Å²) in [6, 6.07) is 7.18. The second kappa shape index (κ2) is 4.88. The van der Waals surface area contributed by atoms with Gasteiger partial charge in [-0.25, -0.2) is 0 Å². The van der Waals surface area contributed by atoms with Gasteiger partial charge in [0.15, 0.2) is 0 Å². The van der Waals surface area contributed by atoms with E-state index in [0.717, 1.165) is 19.5 Å². The third kappa shape index (κ3) is 2.56. The van der Waals surface area contributed by atoms with Gasteiger partial charge in [0.05, 0.1) is 0 Å². The molecule has 86 valence electrons. The Bertz CT molecular complexity index is 391. The highest BCUT2D eigenvalue weighted by Crippen LogP contribution is 2.19. The molecule has 1 aliphatic heterocycles. The Morgan fingerprint density at radius 1 is 1.50 bits per heavy atom. The van der Waals surface area contributed by atoms with E-state index < -0.39 is 0 Å². The second-order valence-electron chi connectivity index (χ2n) is 4.51. The van der Waals surface area contributed by atoms with Crippen LogP contribution in [0.3, 0.4) is 0 Å². The van der Waals surface area contributed by atoms with Gasteiger partial charge in [0.25, 0.3) is 5.91 Å². The fourth-order valence-electron chi connectivity index (χ4n) is 2.18. The van der Waals surface area contributed by atoms with Crippen molar-refractivity contribution in [3.63, 3.8) is 0 Å². The molecule has 0 N–H and O–H groups in total. The van der Waals surface area contributed by atoms with Gasteiger partial charge in [-0.1, -0.05) is 24.6 Å². The lowest BCUT2D eigenvalue weighted by molar-refractivity contribution is 0.0683. The van der Waals surface area contributed by atoms with Gasteiger partial charge in [0.2, 0.25) is 0 Å². The zero-order valence-corrected chi connectivity index (χ0v) is 10.2. The molecule has 0 aromatic heterocycles. The van der Waals surface area contributed by atoms with E-state index in [4.69, 9.17) is 11.6 Å². The summed E-state index contributed by atoms with van der Waals surface area (Å²) < 4.78 is 0. The molecule has 1 fully saturated rings. The number of halogens is 1. The number of hydrogen-bond acceptors (Lipinski definition) is 1. The van der Waals surface area contributed by atoms with Crippen molar-refractivity contribution in [2.75, 3.05) is 13.1 Å². The molecule has 1 aliphatic rings. The van der Waals surface area contributed by atoms with Gasteiger partial charge in [0.1, 0.15) is 0 Å². The van der Waals surface area contributed by atoms with E-state index in [1.807, 2.05) is 17.0 Å². The molecule has 0 unspecified atom stereocenters. The monoisotopic (exact) mass is 237 g/mol. The van der Waals surface area contributed by atoms with Crippen molar-refractivity contribution in [2.24, 2.45) is 5.92 Å². The molecule has 1 atom stereocenters. The normalized spacial score (nSPS) is 20.9. The molecule has 1 saturated heterocycles. The number of nitrogens with zero attached hydrogens (tertiary/aromatic N) is 1. The molecule has 0 saturated carbocycles. The molecule has 1 aromatic carbocycles. The molecule has 16 heavy (non-hydrogen) atoms. The van der Waals surface area contributed by atoms with E-state index >= 15 is 0 Å². The van der Waals surface area contributed by atoms with Crippen LogP contribution in [-0.4, -0.2) is 23.9 Å². The molecule has 1 amide bonds. The Morgan fingerprint density at radius 3 is 3.00 bits per heavy atom. The largest absolute Gasteiger partial charge is 0.338 e. The van der Waals surface area contributed by atoms with E-state index in [2.05, 4.69) is 6.92 Å². The van der Waals surface area contributed by atoms with Crippen LogP contribution in [0.5, 0.6) is 0 Å². The van der Waals surface area contributed by atoms with Gasteiger partial charge in [0, 0.05) is 23.7 Å². The summed E-state index contributed by atoms with van der Waals surface area (Å²) in [6.07, 6.45) is 2.33. The molecule has 2 nitrogen and oxygen atoms in total. The van der Waals surface area contributed by atoms with Crippen LogP contribution in [0.4, 0.5) is 0 Å². The summed E-state index contributed by atoms with van der Waals surface area (Å²) in [5.74, 6) is 0.714. The molecule has 0 bridgehead atoms. The summed E-state index contributed by atoms with van der Waals surface area (Å²) in [5, 5.41) is 0.621. The molecule has 1 aromatic rings. The van der Waals surface area contributed by atoms with Crippen LogP contribution < -0.4 is 0 Å². The number of likely N-dealkylation sites (tertiary alicyclic amines) is 1. The first-order chi connectivity index (χ1) is 7.66. The van der Waals surface area contributed by atoms with Gasteiger partial charge in [-0.2, -0.15) is 0 Å². The van der Waals surface area contributed by atoms with Crippen molar-refractivity contribution in [3.8, 4) is 0 Å². The number of rotatable bonds is 1. The highest BCUT2D eigenvalue weighted by Gasteiger charge is 2.21. The van der Waals surface area contributed by atoms with E-state index in [1.54, 1.807) is 12.1 Å². The first-order valence-corrected chi connectivity index (χ1v) is 6.09. The minimum absolute atomic E-state index is 0.106. The van der Waals surface area contributed by atoms with Crippen molar-refractivity contribution in [3.05, 3.63) is 34.9 Å². The first-order valence-electron chi connectivity index (χ1n) is 5.71. The summed E-state index contributed by atoms with van der Waals surface area (Å²) in [4.78, 5) is 14.1. The zero-order chi connectivity index (χ0) is 11.5. The Hall–Kier alpha value is -1.02. The van der Waals surface area contributed by atoms with Crippen molar-refractivity contribution in [2.45, 2.75) is 19.8 Å². The fraction of sp³-hybridized carbons (Fsp3) is 0.462. The minimum Gasteiger partial charge on any atom is -0.338 e. The van der Waals surface area contributed by atoms with E-state index in [0.29, 0.717) is 16.5 Å². The van der Waals surface area contributed by atoms with Crippen LogP contribution in [0.2, 0.25) is 5.02 Å². The van der Waals surface area contributed by atoms with E-state index in [1.165, 1.54) is 6.42 Å². The number of carbonyl (C=O) groups is 1. The number of benzene rings is 1. The van der Waals surface area contributed by atoms with E-state index in [9.17, 15) is 4.79 Å². The minimum atomic E-state index is 0.106. The Kier molecular flexibility index (Phi) is 3.49. The van der Waals surface area contributed by atoms with Crippen LogP contribution in [-0.2, 0) is 0 Å². The van der Waals surface area contributed by atoms with Gasteiger partial charge < -0.3 is 4.90 Å². The lowest BCUT2D eigenvalue weighted by Gasteiger charge is -2.31. The average Bonchev–Trinajstić information content (AvgIpc) is 2.28. The maximum absolute atomic E-state index is 12.2. The highest BCUT2D eigenvalue weighted by molar-refractivity contribution is 6.30. The lowest BCUT2D eigenvalue weighted by atomic mass is 9.99. The van der Waals surface area contributed by atoms with Crippen LogP contribution in [0.1, 0.15) is 30.1 Å². The number of piperidine rings is 1. The fourth-order valence-corrected chi connectivity index (χ4v) is 2.37. The molecule has 0 spiro atoms. The summed E-state index contributed by atoms with van der Waals surface area (Å²) >= 11 is 5.89. The first kappa shape index (κ1) is 11.5. The van der Waals surface area contributed by atoms with Crippen LogP contribution in [0.25, 0.3) is 0 Å². The van der Waals surface area contributed by atoms with Gasteiger partial charge in [-0.3, -0.25) is 4.79 Å². The van der Waals surface area contributed by atoms with Crippen LogP contribution in [0, 0.1) is 5.92 Å². The lowest BCUT2D eigenvalue weighted by Crippen LogP contribution is -2.39. The zero-order valence-electron chi connectivity index (χ0n) is 9.45. The van der Waals surface area contributed by atoms with Crippen molar-refractivity contribution in [1.29, 1.82) is 0 Å². The molecule has 2 rings (SSSR count). The van der Waals surface area contributed by atoms with Crippen molar-refractivity contribution < 1.29 is 4.79 Å². The van der Waals surface area contributed by atoms with Gasteiger partial charge in [-0.05, 0) is 37.0 Å². The van der Waals surface area contributed by atoms with Crippen molar-refractivity contribution in [1.82, 2.24) is 4.90 Å². The predicted molar refractivity (Wildman–Crippen MR) is 65.8 cm³/mol. The molecule has 0 aliphatic carbocycles. The predicted octanol–water partition coefficient (Wildman–Crippen LogP) is 3.21. The van der Waals surface area contributed by atoms with Crippen molar-refractivity contribution >= 4 is 17.5 Å². The average molecular weight is 238 g/mol. The molecule has 1 heterocycles. The third-order valence-corrected chi connectivity index (χ3v) is 3.25. The topological polar surface area (TPSA) is 20.3 Å². The van der Waals surface area contributed by atoms with Crippen LogP contribution >= 0.6 is 11.6 Å². The van der Waals surface area contributed by atoms with Crippen LogP contribution in [0.15, 0.2) is 24.3 Å². The summed E-state index contributed by atoms with van der Waals surface area (Å²) in [6.45, 7) is 3.93. The third-order valence-electron chi connectivity index (χ3n) is 3.02. The Labute approximate surface area is 101 Å². The molecular weight excluding hydrogens is 222 g/mol. The standard InChI is InChI=1S/C13H16ClNO/c1-10-4-3-7-15(9-10)13(16)11-5-2-6-12(14)8-11/h2,5-6,8,10H,3-4,7,9H2,1H3/t10-/m0/s1. The molecule has 0 radical (unpaired) electrons. The van der Waals surface area contributed by atoms with Gasteiger partial charge >= 0.3 is 0 Å². The summed E-state index contributed by atoms with van der Waals surface area (Å²) in [7, 11) is 0. The van der Waals surface area contributed by atoms with E-state index in [-0.39, 0.29) is 5.91 Å². The quantitative estimate of drug-likeness (QED) is 0.735. The molecule has 3 heteroatoms. The number of amides is 1.